The Balaban J connectivity index is 1.58. The van der Waals surface area contributed by atoms with Crippen molar-refractivity contribution in [2.24, 2.45) is 0 Å². The van der Waals surface area contributed by atoms with E-state index in [1.807, 2.05) is 79.7 Å². The van der Waals surface area contributed by atoms with Gasteiger partial charge in [0.1, 0.15) is 16.7 Å². The molecule has 4 rings (SSSR count). The average Bonchev–Trinajstić information content (AvgIpc) is 2.92. The summed E-state index contributed by atoms with van der Waals surface area (Å²) in [6, 6.07) is 27.5. The van der Waals surface area contributed by atoms with Crippen LogP contribution in [0.25, 0.3) is 0 Å². The molecule has 8 heteroatoms. The molecule has 0 spiro atoms. The molecular weight excluding hydrogens is 520 g/mol. The van der Waals surface area contributed by atoms with Crippen LogP contribution in [0.5, 0.6) is 11.5 Å². The van der Waals surface area contributed by atoms with E-state index in [1.54, 1.807) is 18.2 Å². The maximum atomic E-state index is 13.6. The monoisotopic (exact) mass is 546 g/mol. The van der Waals surface area contributed by atoms with Crippen LogP contribution < -0.4 is 20.1 Å². The Bertz CT molecular complexity index is 1450. The molecule has 6 nitrogen and oxygen atoms in total. The Morgan fingerprint density at radius 2 is 1.55 bits per heavy atom. The first-order chi connectivity index (χ1) is 18.4. The molecule has 1 atom stereocenters. The Morgan fingerprint density at radius 1 is 0.816 bits per heavy atom. The number of carbonyl (C=O) groups excluding carboxylic acids is 2. The van der Waals surface area contributed by atoms with E-state index in [1.165, 1.54) is 26.0 Å². The third kappa shape index (κ3) is 6.68. The van der Waals surface area contributed by atoms with Gasteiger partial charge in [-0.25, -0.2) is 0 Å². The number of ether oxygens (including phenoxy) is 2. The molecule has 0 aromatic heterocycles. The number of rotatable bonds is 9. The zero-order chi connectivity index (χ0) is 27.1. The van der Waals surface area contributed by atoms with E-state index in [0.29, 0.717) is 33.5 Å². The van der Waals surface area contributed by atoms with Crippen molar-refractivity contribution < 1.29 is 19.1 Å². The number of thioether (sulfide) groups is 1. The van der Waals surface area contributed by atoms with Gasteiger partial charge < -0.3 is 20.1 Å². The molecule has 194 valence electrons. The summed E-state index contributed by atoms with van der Waals surface area (Å²) in [6.07, 6.45) is 0. The lowest BCUT2D eigenvalue weighted by atomic mass is 10.1. The summed E-state index contributed by atoms with van der Waals surface area (Å²) in [7, 11) is 3.02. The molecule has 0 heterocycles. The van der Waals surface area contributed by atoms with E-state index in [0.717, 1.165) is 16.0 Å². The maximum Gasteiger partial charge on any atom is 0.255 e. The lowest BCUT2D eigenvalue weighted by Crippen LogP contribution is -2.19. The number of aryl methyl sites for hydroxylation is 1. The Kier molecular flexibility index (Phi) is 8.94. The van der Waals surface area contributed by atoms with Crippen LogP contribution in [0.3, 0.4) is 0 Å². The normalized spacial score (nSPS) is 11.4. The number of anilines is 2. The fraction of sp³-hybridized carbons (Fsp3) is 0.133. The van der Waals surface area contributed by atoms with Crippen molar-refractivity contribution >= 4 is 46.6 Å². The predicted octanol–water partition coefficient (Wildman–Crippen LogP) is 7.39. The van der Waals surface area contributed by atoms with Gasteiger partial charge in [-0.15, -0.1) is 11.8 Å². The number of halogens is 1. The number of methoxy groups -OCH3 is 2. The number of benzene rings is 4. The molecule has 1 unspecified atom stereocenters. The smallest absolute Gasteiger partial charge is 0.255 e. The highest BCUT2D eigenvalue weighted by Gasteiger charge is 2.24. The lowest BCUT2D eigenvalue weighted by molar-refractivity contribution is -0.115. The van der Waals surface area contributed by atoms with E-state index in [2.05, 4.69) is 10.6 Å². The Hall–Kier alpha value is -3.94. The van der Waals surface area contributed by atoms with Crippen molar-refractivity contribution in [3.63, 3.8) is 0 Å². The second-order valence-corrected chi connectivity index (χ2v) is 10.0. The molecule has 0 bridgehead atoms. The number of nitrogens with one attached hydrogen (secondary N) is 2. The highest BCUT2D eigenvalue weighted by molar-refractivity contribution is 8.00. The first kappa shape index (κ1) is 27.1. The maximum absolute atomic E-state index is 13.6. The molecule has 4 aromatic rings. The summed E-state index contributed by atoms with van der Waals surface area (Å²) in [4.78, 5) is 27.2. The van der Waals surface area contributed by atoms with Gasteiger partial charge in [0.15, 0.2) is 0 Å². The van der Waals surface area contributed by atoms with E-state index in [-0.39, 0.29) is 11.8 Å². The summed E-state index contributed by atoms with van der Waals surface area (Å²) < 4.78 is 10.7. The predicted molar refractivity (Wildman–Crippen MR) is 154 cm³/mol. The third-order valence-electron chi connectivity index (χ3n) is 5.70. The highest BCUT2D eigenvalue weighted by atomic mass is 35.5. The van der Waals surface area contributed by atoms with E-state index in [4.69, 9.17) is 21.1 Å². The Morgan fingerprint density at radius 3 is 2.26 bits per heavy atom. The number of amides is 2. The Labute approximate surface area is 231 Å². The van der Waals surface area contributed by atoms with Gasteiger partial charge >= 0.3 is 0 Å². The standard InChI is InChI=1S/C30H27ClN2O4S/c1-19-9-7-12-21(15-19)29(34)32-22-13-8-14-23(16-22)38-28(20-10-5-4-6-11-20)30(35)33-25-17-24(31)26(36-2)18-27(25)37-3/h4-18,28H,1-3H3,(H,32,34)(H,33,35). The molecule has 0 fully saturated rings. The molecule has 2 amide bonds. The van der Waals surface area contributed by atoms with Crippen molar-refractivity contribution in [2.75, 3.05) is 24.9 Å². The van der Waals surface area contributed by atoms with Gasteiger partial charge in [-0.2, -0.15) is 0 Å². The van der Waals surface area contributed by atoms with Gasteiger partial charge in [0.05, 0.1) is 24.9 Å². The average molecular weight is 547 g/mol. The summed E-state index contributed by atoms with van der Waals surface area (Å²) >= 11 is 7.68. The highest BCUT2D eigenvalue weighted by Crippen LogP contribution is 2.40. The molecule has 38 heavy (non-hydrogen) atoms. The van der Waals surface area contributed by atoms with Crippen LogP contribution >= 0.6 is 23.4 Å². The van der Waals surface area contributed by atoms with E-state index < -0.39 is 5.25 Å². The zero-order valence-corrected chi connectivity index (χ0v) is 22.7. The van der Waals surface area contributed by atoms with Crippen LogP contribution in [0.15, 0.2) is 95.9 Å². The first-order valence-corrected chi connectivity index (χ1v) is 13.1. The number of hydrogen-bond acceptors (Lipinski definition) is 5. The van der Waals surface area contributed by atoms with Crippen LogP contribution in [0.2, 0.25) is 5.02 Å². The van der Waals surface area contributed by atoms with Gasteiger partial charge in [0.2, 0.25) is 5.91 Å². The molecule has 4 aromatic carbocycles. The van der Waals surface area contributed by atoms with E-state index in [9.17, 15) is 9.59 Å². The molecule has 2 N–H and O–H groups in total. The largest absolute Gasteiger partial charge is 0.495 e. The quantitative estimate of drug-likeness (QED) is 0.214. The molecule has 0 aliphatic rings. The summed E-state index contributed by atoms with van der Waals surface area (Å²) in [5.74, 6) is 0.420. The SMILES string of the molecule is COc1cc(OC)c(NC(=O)C(Sc2cccc(NC(=O)c3cccc(C)c3)c2)c2ccccc2)cc1Cl. The third-order valence-corrected chi connectivity index (χ3v) is 7.24. The lowest BCUT2D eigenvalue weighted by Gasteiger charge is -2.19. The van der Waals surface area contributed by atoms with Crippen molar-refractivity contribution in [3.05, 3.63) is 113 Å². The van der Waals surface area contributed by atoms with Gasteiger partial charge in [0, 0.05) is 22.2 Å². The van der Waals surface area contributed by atoms with Gasteiger partial charge in [0.25, 0.3) is 5.91 Å². The van der Waals surface area contributed by atoms with Gasteiger partial charge in [-0.05, 0) is 48.9 Å². The van der Waals surface area contributed by atoms with Crippen molar-refractivity contribution in [2.45, 2.75) is 17.1 Å². The van der Waals surface area contributed by atoms with Crippen LogP contribution in [-0.2, 0) is 4.79 Å². The van der Waals surface area contributed by atoms with Crippen LogP contribution in [-0.4, -0.2) is 26.0 Å². The second-order valence-electron chi connectivity index (χ2n) is 8.44. The first-order valence-electron chi connectivity index (χ1n) is 11.8. The molecular formula is C30H27ClN2O4S. The summed E-state index contributed by atoms with van der Waals surface area (Å²) in [5, 5.41) is 5.65. The number of hydrogen-bond donors (Lipinski definition) is 2. The van der Waals surface area contributed by atoms with Crippen LogP contribution in [0.4, 0.5) is 11.4 Å². The molecule has 0 aliphatic heterocycles. The zero-order valence-electron chi connectivity index (χ0n) is 21.2. The fourth-order valence-corrected chi connectivity index (χ4v) is 5.15. The topological polar surface area (TPSA) is 76.7 Å². The molecule has 0 saturated carbocycles. The second kappa shape index (κ2) is 12.5. The fourth-order valence-electron chi connectivity index (χ4n) is 3.83. The molecule has 0 aliphatic carbocycles. The van der Waals surface area contributed by atoms with Gasteiger partial charge in [-0.1, -0.05) is 65.7 Å². The molecule has 0 saturated heterocycles. The van der Waals surface area contributed by atoms with Crippen molar-refractivity contribution in [1.29, 1.82) is 0 Å². The van der Waals surface area contributed by atoms with Gasteiger partial charge in [-0.3, -0.25) is 9.59 Å². The minimum atomic E-state index is -0.593. The van der Waals surface area contributed by atoms with Crippen LogP contribution in [0, 0.1) is 6.92 Å². The minimum Gasteiger partial charge on any atom is -0.495 e. The number of carbonyl (C=O) groups is 2. The minimum absolute atomic E-state index is 0.198. The van der Waals surface area contributed by atoms with Crippen LogP contribution in [0.1, 0.15) is 26.7 Å². The summed E-state index contributed by atoms with van der Waals surface area (Å²) in [6.45, 7) is 1.94. The van der Waals surface area contributed by atoms with Crippen molar-refractivity contribution in [1.82, 2.24) is 0 Å². The van der Waals surface area contributed by atoms with E-state index >= 15 is 0 Å². The van der Waals surface area contributed by atoms with Crippen molar-refractivity contribution in [3.8, 4) is 11.5 Å². The summed E-state index contributed by atoms with van der Waals surface area (Å²) in [5.41, 5.74) is 3.48. The molecule has 0 radical (unpaired) electrons.